The van der Waals surface area contributed by atoms with Crippen LogP contribution in [-0.2, 0) is 6.42 Å². The average Bonchev–Trinajstić information content (AvgIpc) is 2.86. The van der Waals surface area contributed by atoms with Crippen LogP contribution in [0, 0.1) is 5.82 Å². The first-order valence-corrected chi connectivity index (χ1v) is 6.45. The number of carbonyl (C=O) groups excluding carboxylic acids is 1. The van der Waals surface area contributed by atoms with Crippen molar-refractivity contribution < 1.29 is 13.9 Å². The Morgan fingerprint density at radius 2 is 2.11 bits per heavy atom. The molecule has 1 aromatic carbocycles. The number of methoxy groups -OCH3 is 1. The molecule has 2 rings (SSSR count). The Hall–Kier alpha value is -1.68. The number of thiophene rings is 1. The highest BCUT2D eigenvalue weighted by Gasteiger charge is 2.20. The minimum Gasteiger partial charge on any atom is -0.496 e. The standard InChI is InChI=1S/C14H13FO2S/c1-3-9-7-8-12(18-9)14(16)13-10(15)5-4-6-11(13)17-2/h4-8H,3H2,1-2H3. The van der Waals surface area contributed by atoms with Crippen LogP contribution in [0.2, 0.25) is 0 Å². The van der Waals surface area contributed by atoms with Gasteiger partial charge >= 0.3 is 0 Å². The third kappa shape index (κ3) is 2.29. The molecule has 0 N–H and O–H groups in total. The number of benzene rings is 1. The van der Waals surface area contributed by atoms with Crippen molar-refractivity contribution in [1.82, 2.24) is 0 Å². The Balaban J connectivity index is 2.45. The van der Waals surface area contributed by atoms with Crippen molar-refractivity contribution >= 4 is 17.1 Å². The van der Waals surface area contributed by atoms with Crippen LogP contribution in [0.3, 0.4) is 0 Å². The monoisotopic (exact) mass is 264 g/mol. The number of rotatable bonds is 4. The summed E-state index contributed by atoms with van der Waals surface area (Å²) in [5.41, 5.74) is 0.00417. The van der Waals surface area contributed by atoms with E-state index in [0.717, 1.165) is 11.3 Å². The zero-order valence-corrected chi connectivity index (χ0v) is 11.0. The summed E-state index contributed by atoms with van der Waals surface area (Å²) in [6, 6.07) is 8.01. The summed E-state index contributed by atoms with van der Waals surface area (Å²) >= 11 is 1.39. The molecule has 0 bridgehead atoms. The van der Waals surface area contributed by atoms with Crippen LogP contribution in [0.15, 0.2) is 30.3 Å². The molecule has 0 aliphatic heterocycles. The topological polar surface area (TPSA) is 26.3 Å². The van der Waals surface area contributed by atoms with Gasteiger partial charge < -0.3 is 4.74 Å². The van der Waals surface area contributed by atoms with E-state index in [1.165, 1.54) is 30.6 Å². The van der Waals surface area contributed by atoms with Gasteiger partial charge in [-0.25, -0.2) is 4.39 Å². The van der Waals surface area contributed by atoms with Crippen molar-refractivity contribution in [3.05, 3.63) is 51.5 Å². The molecule has 0 saturated heterocycles. The predicted molar refractivity (Wildman–Crippen MR) is 70.1 cm³/mol. The van der Waals surface area contributed by atoms with Crippen molar-refractivity contribution in [2.24, 2.45) is 0 Å². The molecule has 4 heteroatoms. The Kier molecular flexibility index (Phi) is 3.77. The molecular formula is C14H13FO2S. The molecule has 1 aromatic heterocycles. The number of hydrogen-bond donors (Lipinski definition) is 0. The van der Waals surface area contributed by atoms with Crippen LogP contribution < -0.4 is 4.74 Å². The molecule has 0 aliphatic carbocycles. The fourth-order valence-electron chi connectivity index (χ4n) is 1.71. The molecule has 0 aliphatic rings. The SMILES string of the molecule is CCc1ccc(C(=O)c2c(F)cccc2OC)s1. The second kappa shape index (κ2) is 5.31. The van der Waals surface area contributed by atoms with Crippen molar-refractivity contribution in [2.75, 3.05) is 7.11 Å². The van der Waals surface area contributed by atoms with Crippen LogP contribution in [0.4, 0.5) is 4.39 Å². The summed E-state index contributed by atoms with van der Waals surface area (Å²) in [4.78, 5) is 13.9. The summed E-state index contributed by atoms with van der Waals surface area (Å²) in [7, 11) is 1.43. The third-order valence-electron chi connectivity index (χ3n) is 2.66. The normalized spacial score (nSPS) is 10.4. The molecule has 0 spiro atoms. The molecule has 2 aromatic rings. The lowest BCUT2D eigenvalue weighted by atomic mass is 10.1. The van der Waals surface area contributed by atoms with E-state index < -0.39 is 5.82 Å². The predicted octanol–water partition coefficient (Wildman–Crippen LogP) is 3.69. The van der Waals surface area contributed by atoms with E-state index in [2.05, 4.69) is 0 Å². The molecule has 0 unspecified atom stereocenters. The van der Waals surface area contributed by atoms with Gasteiger partial charge in [0.1, 0.15) is 17.1 Å². The Morgan fingerprint density at radius 3 is 2.72 bits per heavy atom. The number of aryl methyl sites for hydroxylation is 1. The first-order valence-electron chi connectivity index (χ1n) is 5.63. The van der Waals surface area contributed by atoms with Gasteiger partial charge in [-0.1, -0.05) is 13.0 Å². The molecule has 94 valence electrons. The highest BCUT2D eigenvalue weighted by Crippen LogP contribution is 2.27. The van der Waals surface area contributed by atoms with Gasteiger partial charge in [-0.05, 0) is 30.7 Å². The van der Waals surface area contributed by atoms with Crippen molar-refractivity contribution in [2.45, 2.75) is 13.3 Å². The Bertz CT molecular complexity index is 575. The number of hydrogen-bond acceptors (Lipinski definition) is 3. The van der Waals surface area contributed by atoms with Gasteiger partial charge in [0.2, 0.25) is 5.78 Å². The Labute approximate surface area is 109 Å². The zero-order valence-electron chi connectivity index (χ0n) is 10.2. The quantitative estimate of drug-likeness (QED) is 0.787. The van der Waals surface area contributed by atoms with Gasteiger partial charge in [0.05, 0.1) is 12.0 Å². The van der Waals surface area contributed by atoms with E-state index in [0.29, 0.717) is 4.88 Å². The number of halogens is 1. The van der Waals surface area contributed by atoms with E-state index in [4.69, 9.17) is 4.74 Å². The van der Waals surface area contributed by atoms with E-state index in [1.54, 1.807) is 12.1 Å². The molecule has 0 radical (unpaired) electrons. The molecule has 18 heavy (non-hydrogen) atoms. The van der Waals surface area contributed by atoms with Crippen LogP contribution in [0.1, 0.15) is 27.0 Å². The summed E-state index contributed by atoms with van der Waals surface area (Å²) in [6.45, 7) is 2.02. The summed E-state index contributed by atoms with van der Waals surface area (Å²) < 4.78 is 18.8. The maximum absolute atomic E-state index is 13.8. The van der Waals surface area contributed by atoms with E-state index in [-0.39, 0.29) is 17.1 Å². The fourth-order valence-corrected chi connectivity index (χ4v) is 2.60. The van der Waals surface area contributed by atoms with Crippen molar-refractivity contribution in [3.63, 3.8) is 0 Å². The van der Waals surface area contributed by atoms with E-state index >= 15 is 0 Å². The zero-order chi connectivity index (χ0) is 13.1. The van der Waals surface area contributed by atoms with Crippen molar-refractivity contribution in [3.8, 4) is 5.75 Å². The molecule has 0 amide bonds. The van der Waals surface area contributed by atoms with Gasteiger partial charge in [0, 0.05) is 4.88 Å². The first kappa shape index (κ1) is 12.8. The first-order chi connectivity index (χ1) is 8.67. The second-order valence-electron chi connectivity index (χ2n) is 3.77. The van der Waals surface area contributed by atoms with Crippen LogP contribution >= 0.6 is 11.3 Å². The van der Waals surface area contributed by atoms with E-state index in [9.17, 15) is 9.18 Å². The molecular weight excluding hydrogens is 251 g/mol. The minimum atomic E-state index is -0.550. The highest BCUT2D eigenvalue weighted by atomic mass is 32.1. The molecule has 2 nitrogen and oxygen atoms in total. The van der Waals surface area contributed by atoms with Gasteiger partial charge in [-0.3, -0.25) is 4.79 Å². The van der Waals surface area contributed by atoms with Crippen LogP contribution in [0.25, 0.3) is 0 Å². The van der Waals surface area contributed by atoms with Gasteiger partial charge in [-0.2, -0.15) is 0 Å². The van der Waals surface area contributed by atoms with Gasteiger partial charge in [0.25, 0.3) is 0 Å². The van der Waals surface area contributed by atoms with Gasteiger partial charge in [0.15, 0.2) is 0 Å². The largest absolute Gasteiger partial charge is 0.496 e. The molecule has 0 atom stereocenters. The lowest BCUT2D eigenvalue weighted by molar-refractivity contribution is 0.103. The lowest BCUT2D eigenvalue weighted by Crippen LogP contribution is -2.05. The van der Waals surface area contributed by atoms with Crippen LogP contribution in [0.5, 0.6) is 5.75 Å². The highest BCUT2D eigenvalue weighted by molar-refractivity contribution is 7.14. The molecule has 0 fully saturated rings. The number of ketones is 1. The number of carbonyl (C=O) groups is 1. The lowest BCUT2D eigenvalue weighted by Gasteiger charge is -2.07. The minimum absolute atomic E-state index is 0.00417. The average molecular weight is 264 g/mol. The Morgan fingerprint density at radius 1 is 1.33 bits per heavy atom. The molecule has 0 saturated carbocycles. The van der Waals surface area contributed by atoms with Crippen molar-refractivity contribution in [1.29, 1.82) is 0 Å². The summed E-state index contributed by atoms with van der Waals surface area (Å²) in [5.74, 6) is -0.605. The second-order valence-corrected chi connectivity index (χ2v) is 4.93. The molecule has 1 heterocycles. The maximum atomic E-state index is 13.8. The maximum Gasteiger partial charge on any atom is 0.209 e. The third-order valence-corrected chi connectivity index (χ3v) is 3.88. The van der Waals surface area contributed by atoms with Gasteiger partial charge in [-0.15, -0.1) is 11.3 Å². The smallest absolute Gasteiger partial charge is 0.209 e. The number of ether oxygens (including phenoxy) is 1. The van der Waals surface area contributed by atoms with E-state index in [1.807, 2.05) is 13.0 Å². The summed E-state index contributed by atoms with van der Waals surface area (Å²) in [6.07, 6.45) is 0.867. The van der Waals surface area contributed by atoms with Crippen LogP contribution in [-0.4, -0.2) is 12.9 Å². The summed E-state index contributed by atoms with van der Waals surface area (Å²) in [5, 5.41) is 0. The fraction of sp³-hybridized carbons (Fsp3) is 0.214.